The Morgan fingerprint density at radius 1 is 1.00 bits per heavy atom. The first kappa shape index (κ1) is 37.6. The summed E-state index contributed by atoms with van der Waals surface area (Å²) in [4.78, 5) is 23.2. The van der Waals surface area contributed by atoms with Gasteiger partial charge in [-0.05, 0) is 50.8 Å². The van der Waals surface area contributed by atoms with E-state index in [0.717, 1.165) is 86.9 Å². The molecule has 4 heterocycles. The van der Waals surface area contributed by atoms with Crippen LogP contribution in [0, 0.1) is 12.8 Å². The fraction of sp³-hybridized carbons (Fsp3) is 0.629. The number of fused-ring (bicyclic) bond motifs is 1. The van der Waals surface area contributed by atoms with Crippen molar-refractivity contribution in [1.82, 2.24) is 24.8 Å². The van der Waals surface area contributed by atoms with Gasteiger partial charge in [0.2, 0.25) is 0 Å². The molecular weight excluding hydrogens is 666 g/mol. The maximum atomic E-state index is 13.9. The van der Waals surface area contributed by atoms with Crippen LogP contribution in [0.4, 0.5) is 11.5 Å². The number of nitrogens with zero attached hydrogens (tertiary/aromatic N) is 5. The second-order valence-corrected chi connectivity index (χ2v) is 13.6. The summed E-state index contributed by atoms with van der Waals surface area (Å²) in [5.74, 6) is 1.53. The first-order valence-electron chi connectivity index (χ1n) is 17.5. The third kappa shape index (κ3) is 10.7. The van der Waals surface area contributed by atoms with Crippen molar-refractivity contribution in [3.05, 3.63) is 52.3 Å². The highest BCUT2D eigenvalue weighted by Crippen LogP contribution is 2.35. The molecule has 1 atom stereocenters. The molecule has 2 N–H and O–H groups in total. The smallest absolute Gasteiger partial charge is 0.256 e. The van der Waals surface area contributed by atoms with E-state index in [1.165, 1.54) is 11.9 Å². The summed E-state index contributed by atoms with van der Waals surface area (Å²) in [5, 5.41) is 8.98. The van der Waals surface area contributed by atoms with Gasteiger partial charge < -0.3 is 38.8 Å². The number of aryl methyl sites for hydroxylation is 1. The quantitative estimate of drug-likeness (QED) is 0.111. The Morgan fingerprint density at radius 3 is 2.43 bits per heavy atom. The van der Waals surface area contributed by atoms with Crippen LogP contribution in [0.3, 0.4) is 0 Å². The molecule has 0 bridgehead atoms. The lowest BCUT2D eigenvalue weighted by Gasteiger charge is -2.41. The Kier molecular flexibility index (Phi) is 15.1. The second kappa shape index (κ2) is 19.7. The number of rotatable bonds is 21. The third-order valence-electron chi connectivity index (χ3n) is 8.73. The summed E-state index contributed by atoms with van der Waals surface area (Å²) >= 11 is 7.77. The van der Waals surface area contributed by atoms with E-state index in [-0.39, 0.29) is 11.9 Å². The molecule has 270 valence electrons. The van der Waals surface area contributed by atoms with Crippen LogP contribution in [0.1, 0.15) is 60.3 Å². The predicted molar refractivity (Wildman–Crippen MR) is 196 cm³/mol. The third-order valence-corrected chi connectivity index (χ3v) is 9.39. The van der Waals surface area contributed by atoms with Crippen molar-refractivity contribution in [3.63, 3.8) is 0 Å². The lowest BCUT2D eigenvalue weighted by molar-refractivity contribution is -0.00141. The van der Waals surface area contributed by atoms with Gasteiger partial charge in [-0.2, -0.15) is 5.10 Å². The van der Waals surface area contributed by atoms with Gasteiger partial charge in [0.05, 0.1) is 69.2 Å². The molecule has 2 aliphatic heterocycles. The van der Waals surface area contributed by atoms with E-state index in [4.69, 9.17) is 40.6 Å². The molecule has 5 rings (SSSR count). The average Bonchev–Trinajstić information content (AvgIpc) is 3.50. The van der Waals surface area contributed by atoms with Crippen LogP contribution in [0.2, 0.25) is 5.02 Å². The monoisotopic (exact) mass is 717 g/mol. The van der Waals surface area contributed by atoms with Crippen molar-refractivity contribution in [2.45, 2.75) is 45.6 Å². The first-order chi connectivity index (χ1) is 24.0. The van der Waals surface area contributed by atoms with Crippen LogP contribution >= 0.6 is 23.5 Å². The molecule has 14 heteroatoms. The fourth-order valence-corrected chi connectivity index (χ4v) is 6.83. The highest BCUT2D eigenvalue weighted by molar-refractivity contribution is 7.99. The molecule has 0 spiro atoms. The summed E-state index contributed by atoms with van der Waals surface area (Å²) in [6.45, 7) is 13.5. The van der Waals surface area contributed by atoms with Crippen molar-refractivity contribution in [2.75, 3.05) is 101 Å². The van der Waals surface area contributed by atoms with Crippen LogP contribution in [0.25, 0.3) is 5.65 Å². The van der Waals surface area contributed by atoms with Crippen molar-refractivity contribution < 1.29 is 23.7 Å². The van der Waals surface area contributed by atoms with Crippen LogP contribution < -0.4 is 14.9 Å². The number of hydrogen-bond acceptors (Lipinski definition) is 11. The number of nitrogens with one attached hydrogen (secondary N) is 2. The maximum Gasteiger partial charge on any atom is 0.256 e. The number of likely N-dealkylation sites (tertiary alicyclic amines) is 1. The molecule has 0 aliphatic carbocycles. The van der Waals surface area contributed by atoms with E-state index in [9.17, 15) is 4.79 Å². The Bertz CT molecular complexity index is 1470. The molecule has 2 saturated heterocycles. The maximum absolute atomic E-state index is 13.9. The number of amides is 1. The molecule has 2 aliphatic rings. The zero-order valence-corrected chi connectivity index (χ0v) is 30.7. The van der Waals surface area contributed by atoms with Crippen LogP contribution in [-0.4, -0.2) is 117 Å². The Balaban J connectivity index is 1.04. The van der Waals surface area contributed by atoms with Gasteiger partial charge in [-0.15, -0.1) is 0 Å². The van der Waals surface area contributed by atoms with Crippen molar-refractivity contribution >= 4 is 46.6 Å². The van der Waals surface area contributed by atoms with Crippen molar-refractivity contribution in [1.29, 1.82) is 0 Å². The van der Waals surface area contributed by atoms with Gasteiger partial charge >= 0.3 is 0 Å². The summed E-state index contributed by atoms with van der Waals surface area (Å²) in [5.41, 5.74) is 4.10. The number of carbonyl (C=O) groups excluding carboxylic acids is 1. The normalized spacial score (nSPS) is 16.8. The number of anilines is 2. The van der Waals surface area contributed by atoms with Gasteiger partial charge in [0.25, 0.3) is 5.91 Å². The van der Waals surface area contributed by atoms with Gasteiger partial charge in [0.15, 0.2) is 5.65 Å². The lowest BCUT2D eigenvalue weighted by Crippen LogP contribution is -2.51. The van der Waals surface area contributed by atoms with Crippen molar-refractivity contribution in [3.8, 4) is 0 Å². The second-order valence-electron chi connectivity index (χ2n) is 12.6. The number of aromatic nitrogens is 3. The Hall–Kier alpha value is -2.65. The molecule has 1 amide bonds. The van der Waals surface area contributed by atoms with Crippen LogP contribution in [-0.2, 0) is 18.9 Å². The topological polar surface area (TPSA) is 115 Å². The SMILES string of the molecule is CCCOCCOCCOCCOCCNCC1CN(c2nc3cc(C4CCCCN4C(=O)c4cc(Cl)ccc4NSC)nn3cc2C)C1. The van der Waals surface area contributed by atoms with E-state index in [2.05, 4.69) is 35.0 Å². The highest BCUT2D eigenvalue weighted by atomic mass is 35.5. The summed E-state index contributed by atoms with van der Waals surface area (Å²) in [6.07, 6.45) is 7.88. The standard InChI is InChI=1S/C35H52ClN7O5S/c1-4-12-45-14-16-47-18-19-48-17-15-46-13-10-37-22-27-24-41(25-27)34-26(2)23-43-33(38-34)21-31(39-43)32-7-5-6-11-42(32)35(44)29-20-28(36)8-9-30(29)40-49-3/h8-9,20-21,23,27,32,37,40H,4-7,10-19,22,24-25H2,1-3H3. The Labute approximate surface area is 299 Å². The van der Waals surface area contributed by atoms with E-state index < -0.39 is 0 Å². The Morgan fingerprint density at radius 2 is 1.71 bits per heavy atom. The molecular formula is C35H52ClN7O5S. The number of benzene rings is 1. The molecule has 2 fully saturated rings. The lowest BCUT2D eigenvalue weighted by atomic mass is 9.98. The molecule has 0 radical (unpaired) electrons. The molecule has 0 saturated carbocycles. The zero-order chi connectivity index (χ0) is 34.4. The molecule has 1 aromatic carbocycles. The van der Waals surface area contributed by atoms with Crippen LogP contribution in [0.5, 0.6) is 0 Å². The molecule has 12 nitrogen and oxygen atoms in total. The minimum absolute atomic E-state index is 0.0346. The minimum Gasteiger partial charge on any atom is -0.379 e. The molecule has 3 aromatic rings. The zero-order valence-electron chi connectivity index (χ0n) is 29.1. The summed E-state index contributed by atoms with van der Waals surface area (Å²) in [7, 11) is 0. The van der Waals surface area contributed by atoms with Gasteiger partial charge in [-0.3, -0.25) is 4.79 Å². The number of ether oxygens (including phenoxy) is 4. The minimum atomic E-state index is -0.121. The fourth-order valence-electron chi connectivity index (χ4n) is 6.26. The number of carbonyl (C=O) groups is 1. The van der Waals surface area contributed by atoms with E-state index in [1.807, 2.05) is 27.8 Å². The van der Waals surface area contributed by atoms with E-state index in [0.29, 0.717) is 69.3 Å². The van der Waals surface area contributed by atoms with E-state index >= 15 is 0 Å². The number of halogens is 1. The van der Waals surface area contributed by atoms with Crippen LogP contribution in [0.15, 0.2) is 30.5 Å². The first-order valence-corrected chi connectivity index (χ1v) is 19.1. The molecule has 2 aromatic heterocycles. The highest BCUT2D eigenvalue weighted by Gasteiger charge is 2.33. The number of piperidine rings is 1. The summed E-state index contributed by atoms with van der Waals surface area (Å²) in [6, 6.07) is 7.34. The predicted octanol–water partition coefficient (Wildman–Crippen LogP) is 5.25. The van der Waals surface area contributed by atoms with Gasteiger partial charge in [0.1, 0.15) is 5.82 Å². The molecule has 49 heavy (non-hydrogen) atoms. The largest absolute Gasteiger partial charge is 0.379 e. The van der Waals surface area contributed by atoms with Gasteiger partial charge in [-0.25, -0.2) is 9.50 Å². The van der Waals surface area contributed by atoms with E-state index in [1.54, 1.807) is 12.1 Å². The number of hydrogen-bond donors (Lipinski definition) is 2. The summed E-state index contributed by atoms with van der Waals surface area (Å²) < 4.78 is 27.2. The van der Waals surface area contributed by atoms with Crippen molar-refractivity contribution in [2.24, 2.45) is 5.92 Å². The average molecular weight is 718 g/mol. The molecule has 1 unspecified atom stereocenters. The van der Waals surface area contributed by atoms with Gasteiger partial charge in [0, 0.05) is 74.4 Å². The van der Waals surface area contributed by atoms with Gasteiger partial charge in [-0.1, -0.05) is 30.5 Å².